The Morgan fingerprint density at radius 2 is 1.58 bits per heavy atom. The molecule has 1 aromatic heterocycles. The van der Waals surface area contributed by atoms with Crippen molar-refractivity contribution in [1.82, 2.24) is 10.3 Å². The summed E-state index contributed by atoms with van der Waals surface area (Å²) in [4.78, 5) is 17.6. The number of allylic oxidation sites excluding steroid dienone is 2. The first-order chi connectivity index (χ1) is 17.9. The Hall–Kier alpha value is -3.88. The minimum Gasteiger partial charge on any atom is -0.337 e. The van der Waals surface area contributed by atoms with Crippen LogP contribution in [0.25, 0.3) is 0 Å². The van der Waals surface area contributed by atoms with Crippen LogP contribution in [0.2, 0.25) is 0 Å². The van der Waals surface area contributed by atoms with E-state index in [4.69, 9.17) is 0 Å². The van der Waals surface area contributed by atoms with Crippen molar-refractivity contribution in [2.24, 2.45) is 0 Å². The number of pyridine rings is 1. The zero-order valence-corrected chi connectivity index (χ0v) is 20.7. The van der Waals surface area contributed by atoms with Gasteiger partial charge in [0.05, 0.1) is 16.8 Å². The standard InChI is InChI=1S/C29H26F6N2O/c1-3-10-21(11-4-2)26(38)37-27(19-20-12-6-5-7-13-20,22-14-8-15-23(18-22)28(30,31)32)25-24(29(33,34)35)16-9-17-36-25/h3,5-18H,4,19H2,1-2H3,(H,37,38)/b10-3-,21-11+. The topological polar surface area (TPSA) is 42.0 Å². The van der Waals surface area contributed by atoms with Gasteiger partial charge < -0.3 is 5.32 Å². The number of carbonyl (C=O) groups excluding carboxylic acids is 1. The average molecular weight is 533 g/mol. The normalized spacial score (nSPS) is 14.4. The third-order valence-electron chi connectivity index (χ3n) is 5.87. The fraction of sp³-hybridized carbons (Fsp3) is 0.241. The van der Waals surface area contributed by atoms with Crippen molar-refractivity contribution in [3.05, 3.63) is 125 Å². The first kappa shape index (κ1) is 28.7. The fourth-order valence-electron chi connectivity index (χ4n) is 4.24. The van der Waals surface area contributed by atoms with Crippen LogP contribution in [0.1, 0.15) is 48.2 Å². The summed E-state index contributed by atoms with van der Waals surface area (Å²) in [7, 11) is 0. The van der Waals surface area contributed by atoms with E-state index in [1.54, 1.807) is 56.3 Å². The molecule has 0 saturated heterocycles. The van der Waals surface area contributed by atoms with E-state index in [-0.39, 0.29) is 17.6 Å². The molecule has 1 N–H and O–H groups in total. The second-order valence-corrected chi connectivity index (χ2v) is 8.57. The van der Waals surface area contributed by atoms with E-state index in [1.807, 2.05) is 0 Å². The van der Waals surface area contributed by atoms with Crippen LogP contribution in [-0.2, 0) is 29.1 Å². The van der Waals surface area contributed by atoms with Crippen LogP contribution < -0.4 is 5.32 Å². The molecule has 200 valence electrons. The predicted molar refractivity (Wildman–Crippen MR) is 133 cm³/mol. The molecule has 9 heteroatoms. The molecule has 0 radical (unpaired) electrons. The number of hydrogen-bond acceptors (Lipinski definition) is 2. The molecule has 0 aliphatic carbocycles. The summed E-state index contributed by atoms with van der Waals surface area (Å²) >= 11 is 0. The van der Waals surface area contributed by atoms with Gasteiger partial charge in [-0.1, -0.05) is 67.6 Å². The minimum absolute atomic E-state index is 0.156. The van der Waals surface area contributed by atoms with Crippen molar-refractivity contribution < 1.29 is 31.1 Å². The number of nitrogens with zero attached hydrogens (tertiary/aromatic N) is 1. The summed E-state index contributed by atoms with van der Waals surface area (Å²) in [6.45, 7) is 3.45. The molecule has 0 aliphatic heterocycles. The molecule has 1 amide bonds. The van der Waals surface area contributed by atoms with E-state index in [1.165, 1.54) is 12.1 Å². The minimum atomic E-state index is -4.90. The number of aromatic nitrogens is 1. The van der Waals surface area contributed by atoms with E-state index in [0.29, 0.717) is 12.0 Å². The van der Waals surface area contributed by atoms with Crippen LogP contribution in [0.15, 0.2) is 96.7 Å². The van der Waals surface area contributed by atoms with Gasteiger partial charge in [-0.15, -0.1) is 0 Å². The third kappa shape index (κ3) is 6.51. The molecule has 1 atom stereocenters. The maximum atomic E-state index is 14.3. The molecular weight excluding hydrogens is 506 g/mol. The summed E-state index contributed by atoms with van der Waals surface area (Å²) in [5.41, 5.74) is -4.50. The highest BCUT2D eigenvalue weighted by atomic mass is 19.4. The number of carbonyl (C=O) groups is 1. The number of alkyl halides is 6. The van der Waals surface area contributed by atoms with Gasteiger partial charge in [0, 0.05) is 18.2 Å². The van der Waals surface area contributed by atoms with Crippen molar-refractivity contribution in [2.75, 3.05) is 0 Å². The van der Waals surface area contributed by atoms with Gasteiger partial charge in [-0.25, -0.2) is 0 Å². The highest BCUT2D eigenvalue weighted by Gasteiger charge is 2.46. The van der Waals surface area contributed by atoms with Gasteiger partial charge in [-0.2, -0.15) is 26.3 Å². The summed E-state index contributed by atoms with van der Waals surface area (Å²) in [5.74, 6) is -0.753. The first-order valence-electron chi connectivity index (χ1n) is 11.8. The monoisotopic (exact) mass is 532 g/mol. The van der Waals surface area contributed by atoms with Crippen molar-refractivity contribution in [2.45, 2.75) is 44.6 Å². The predicted octanol–water partition coefficient (Wildman–Crippen LogP) is 7.63. The van der Waals surface area contributed by atoms with Gasteiger partial charge in [0.1, 0.15) is 5.54 Å². The van der Waals surface area contributed by atoms with Crippen LogP contribution in [0.4, 0.5) is 26.3 Å². The number of hydrogen-bond donors (Lipinski definition) is 1. The SMILES string of the molecule is C/C=C\C(=C/CC)C(=O)NC(Cc1ccccc1)(c1cccc(C(F)(F)F)c1)c1ncccc1C(F)(F)F. The lowest BCUT2D eigenvalue weighted by atomic mass is 9.78. The second-order valence-electron chi connectivity index (χ2n) is 8.57. The molecule has 3 nitrogen and oxygen atoms in total. The van der Waals surface area contributed by atoms with E-state index in [9.17, 15) is 31.1 Å². The van der Waals surface area contributed by atoms with Gasteiger partial charge in [0.15, 0.2) is 0 Å². The van der Waals surface area contributed by atoms with Crippen LogP contribution in [0, 0.1) is 0 Å². The van der Waals surface area contributed by atoms with E-state index < -0.39 is 40.6 Å². The Labute approximate surface area is 216 Å². The summed E-state index contributed by atoms with van der Waals surface area (Å²) < 4.78 is 84.1. The van der Waals surface area contributed by atoms with E-state index >= 15 is 0 Å². The lowest BCUT2D eigenvalue weighted by molar-refractivity contribution is -0.140. The number of amides is 1. The molecular formula is C29H26F6N2O. The highest BCUT2D eigenvalue weighted by molar-refractivity contribution is 5.97. The molecule has 0 fully saturated rings. The number of rotatable bonds is 8. The summed E-state index contributed by atoms with van der Waals surface area (Å²) in [6, 6.07) is 14.1. The van der Waals surface area contributed by atoms with Crippen molar-refractivity contribution >= 4 is 5.91 Å². The fourth-order valence-corrected chi connectivity index (χ4v) is 4.24. The molecule has 1 unspecified atom stereocenters. The number of benzene rings is 2. The van der Waals surface area contributed by atoms with Crippen LogP contribution in [-0.4, -0.2) is 10.9 Å². The van der Waals surface area contributed by atoms with Gasteiger partial charge >= 0.3 is 12.4 Å². The Morgan fingerprint density at radius 3 is 2.18 bits per heavy atom. The summed E-state index contributed by atoms with van der Waals surface area (Å²) in [6.07, 6.45) is -3.74. The molecule has 3 aromatic rings. The Kier molecular flexibility index (Phi) is 8.81. The first-order valence-corrected chi connectivity index (χ1v) is 11.8. The van der Waals surface area contributed by atoms with Crippen molar-refractivity contribution in [3.8, 4) is 0 Å². The largest absolute Gasteiger partial charge is 0.418 e. The third-order valence-corrected chi connectivity index (χ3v) is 5.87. The summed E-state index contributed by atoms with van der Waals surface area (Å²) in [5, 5.41) is 2.68. The highest BCUT2D eigenvalue weighted by Crippen LogP contribution is 2.42. The molecule has 0 spiro atoms. The second kappa shape index (κ2) is 11.7. The molecule has 38 heavy (non-hydrogen) atoms. The molecule has 3 rings (SSSR count). The maximum Gasteiger partial charge on any atom is 0.418 e. The Morgan fingerprint density at radius 1 is 0.895 bits per heavy atom. The van der Waals surface area contributed by atoms with Crippen molar-refractivity contribution in [1.29, 1.82) is 0 Å². The van der Waals surface area contributed by atoms with Gasteiger partial charge in [0.2, 0.25) is 0 Å². The van der Waals surface area contributed by atoms with Gasteiger partial charge in [0.25, 0.3) is 5.91 Å². The van der Waals surface area contributed by atoms with Crippen LogP contribution in [0.5, 0.6) is 0 Å². The molecule has 0 bridgehead atoms. The van der Waals surface area contributed by atoms with E-state index in [0.717, 1.165) is 36.5 Å². The Balaban J connectivity index is 2.42. The molecule has 1 heterocycles. The van der Waals surface area contributed by atoms with Gasteiger partial charge in [-0.3, -0.25) is 9.78 Å². The quantitative estimate of drug-likeness (QED) is 0.184. The maximum absolute atomic E-state index is 14.3. The molecule has 2 aromatic carbocycles. The van der Waals surface area contributed by atoms with Crippen LogP contribution in [0.3, 0.4) is 0 Å². The van der Waals surface area contributed by atoms with Gasteiger partial charge in [-0.05, 0) is 48.7 Å². The average Bonchev–Trinajstić information content (AvgIpc) is 2.88. The molecule has 0 saturated carbocycles. The zero-order valence-electron chi connectivity index (χ0n) is 20.7. The molecule has 0 aliphatic rings. The number of nitrogens with one attached hydrogen (secondary N) is 1. The lowest BCUT2D eigenvalue weighted by Gasteiger charge is -2.37. The number of halogens is 6. The lowest BCUT2D eigenvalue weighted by Crippen LogP contribution is -2.50. The van der Waals surface area contributed by atoms with Crippen molar-refractivity contribution in [3.63, 3.8) is 0 Å². The zero-order chi connectivity index (χ0) is 28.0. The van der Waals surface area contributed by atoms with E-state index in [2.05, 4.69) is 10.3 Å². The Bertz CT molecular complexity index is 1310. The van der Waals surface area contributed by atoms with Crippen LogP contribution >= 0.6 is 0 Å². The smallest absolute Gasteiger partial charge is 0.337 e.